The molecule has 0 bridgehead atoms. The van der Waals surface area contributed by atoms with Crippen LogP contribution in [0.15, 0.2) is 0 Å². The van der Waals surface area contributed by atoms with Crippen molar-refractivity contribution in [3.8, 4) is 0 Å². The SMILES string of the molecule is O=C(O)CC(SSCCNCCCCC1SC[C@@H]2NC(=O)N[C@H]12)N1C(=O)CC(S(O)(O)O)C1=O. The second kappa shape index (κ2) is 12.4. The number of fused-ring (bicyclic) bond motifs is 1. The van der Waals surface area contributed by atoms with E-state index >= 15 is 0 Å². The Morgan fingerprint density at radius 2 is 1.97 bits per heavy atom. The summed E-state index contributed by atoms with van der Waals surface area (Å²) in [7, 11) is -1.87. The van der Waals surface area contributed by atoms with Gasteiger partial charge in [-0.25, -0.2) is 4.79 Å². The minimum Gasteiger partial charge on any atom is -0.481 e. The van der Waals surface area contributed by atoms with E-state index in [-0.39, 0.29) is 18.1 Å². The average Bonchev–Trinajstić information content (AvgIpc) is 3.37. The van der Waals surface area contributed by atoms with Gasteiger partial charge in [0.15, 0.2) is 0 Å². The molecule has 5 atom stereocenters. The fourth-order valence-corrected chi connectivity index (χ4v) is 8.86. The predicted octanol–water partition coefficient (Wildman–Crippen LogP) is 1.45. The smallest absolute Gasteiger partial charge is 0.315 e. The summed E-state index contributed by atoms with van der Waals surface area (Å²) >= 11 is 1.89. The van der Waals surface area contributed by atoms with Gasteiger partial charge in [0.05, 0.1) is 35.8 Å². The average molecular weight is 559 g/mol. The van der Waals surface area contributed by atoms with E-state index in [1.54, 1.807) is 0 Å². The number of carboxylic acids is 1. The zero-order chi connectivity index (χ0) is 24.9. The second-order valence-corrected chi connectivity index (χ2v) is 13.8. The molecule has 34 heavy (non-hydrogen) atoms. The number of likely N-dealkylation sites (tertiary alicyclic amines) is 1. The lowest BCUT2D eigenvalue weighted by Crippen LogP contribution is -2.41. The molecule has 3 rings (SSSR count). The van der Waals surface area contributed by atoms with E-state index in [0.29, 0.717) is 17.5 Å². The van der Waals surface area contributed by atoms with Gasteiger partial charge in [0.1, 0.15) is 10.6 Å². The number of imide groups is 1. The highest BCUT2D eigenvalue weighted by Crippen LogP contribution is 2.46. The zero-order valence-corrected chi connectivity index (χ0v) is 21.5. The Balaban J connectivity index is 1.31. The molecule has 0 spiro atoms. The van der Waals surface area contributed by atoms with Gasteiger partial charge in [-0.05, 0) is 19.4 Å². The molecule has 12 nitrogen and oxygen atoms in total. The Kier molecular flexibility index (Phi) is 10.1. The van der Waals surface area contributed by atoms with E-state index in [2.05, 4.69) is 16.0 Å². The summed E-state index contributed by atoms with van der Waals surface area (Å²) in [5.74, 6) is -1.35. The molecule has 16 heteroatoms. The van der Waals surface area contributed by atoms with Crippen LogP contribution in [-0.2, 0) is 14.4 Å². The maximum absolute atomic E-state index is 12.4. The lowest BCUT2D eigenvalue weighted by Gasteiger charge is -2.27. The number of amides is 4. The molecule has 0 aliphatic carbocycles. The lowest BCUT2D eigenvalue weighted by molar-refractivity contribution is -0.141. The van der Waals surface area contributed by atoms with Crippen molar-refractivity contribution in [1.82, 2.24) is 20.9 Å². The van der Waals surface area contributed by atoms with E-state index in [1.807, 2.05) is 11.8 Å². The van der Waals surface area contributed by atoms with Gasteiger partial charge in [-0.15, -0.1) is 0 Å². The summed E-state index contributed by atoms with van der Waals surface area (Å²) in [5, 5.41) is 16.2. The third-order valence-corrected chi connectivity index (χ3v) is 11.1. The maximum atomic E-state index is 12.4. The molecule has 194 valence electrons. The molecule has 3 heterocycles. The zero-order valence-electron chi connectivity index (χ0n) is 18.3. The Morgan fingerprint density at radius 3 is 2.65 bits per heavy atom. The molecular weight excluding hydrogens is 528 g/mol. The van der Waals surface area contributed by atoms with Crippen molar-refractivity contribution in [2.45, 2.75) is 60.1 Å². The minimum atomic E-state index is -4.24. The Labute approximate surface area is 211 Å². The van der Waals surface area contributed by atoms with Crippen molar-refractivity contribution < 1.29 is 37.9 Å². The fraction of sp³-hybridized carbons (Fsp3) is 0.778. The number of rotatable bonds is 14. The van der Waals surface area contributed by atoms with Crippen molar-refractivity contribution in [2.75, 3.05) is 24.6 Å². The number of carbonyl (C=O) groups excluding carboxylic acids is 3. The first-order valence-electron chi connectivity index (χ1n) is 10.8. The highest BCUT2D eigenvalue weighted by atomic mass is 33.1. The fourth-order valence-electron chi connectivity index (χ4n) is 4.09. The summed E-state index contributed by atoms with van der Waals surface area (Å²) in [4.78, 5) is 47.9. The van der Waals surface area contributed by atoms with Crippen LogP contribution in [0, 0.1) is 0 Å². The summed E-state index contributed by atoms with van der Waals surface area (Å²) in [6.07, 6.45) is 2.01. The van der Waals surface area contributed by atoms with Gasteiger partial charge in [0.25, 0.3) is 0 Å². The van der Waals surface area contributed by atoms with Crippen LogP contribution in [0.3, 0.4) is 0 Å². The first kappa shape index (κ1) is 27.7. The van der Waals surface area contributed by atoms with Crippen LogP contribution in [-0.4, -0.2) is 100 Å². The highest BCUT2D eigenvalue weighted by Gasteiger charge is 2.50. The number of unbranched alkanes of at least 4 members (excludes halogenated alkanes) is 1. The van der Waals surface area contributed by atoms with E-state index in [0.717, 1.165) is 47.3 Å². The Bertz CT molecular complexity index is 786. The van der Waals surface area contributed by atoms with Gasteiger partial charge in [0.2, 0.25) is 11.8 Å². The van der Waals surface area contributed by atoms with Crippen molar-refractivity contribution >= 4 is 68.0 Å². The largest absolute Gasteiger partial charge is 0.481 e. The Hall–Kier alpha value is -0.880. The monoisotopic (exact) mass is 558 g/mol. The predicted molar refractivity (Wildman–Crippen MR) is 134 cm³/mol. The molecular formula is C18H30N4O8S4. The normalized spacial score (nSPS) is 28.1. The van der Waals surface area contributed by atoms with E-state index in [1.165, 1.54) is 10.8 Å². The third-order valence-electron chi connectivity index (χ3n) is 5.73. The van der Waals surface area contributed by atoms with Crippen LogP contribution in [0.4, 0.5) is 4.79 Å². The van der Waals surface area contributed by atoms with Crippen molar-refractivity contribution in [2.24, 2.45) is 0 Å². The van der Waals surface area contributed by atoms with Crippen LogP contribution in [0.25, 0.3) is 0 Å². The number of carboxylic acid groups (broad SMARTS) is 1. The second-order valence-electron chi connectivity index (χ2n) is 8.19. The lowest BCUT2D eigenvalue weighted by atomic mass is 10.0. The van der Waals surface area contributed by atoms with Gasteiger partial charge in [-0.1, -0.05) is 28.0 Å². The molecule has 4 amide bonds. The number of hydrogen-bond acceptors (Lipinski definition) is 11. The van der Waals surface area contributed by atoms with E-state index in [4.69, 9.17) is 5.11 Å². The standard InChI is InChI=1S/C18H30N4O8S4/c23-13-7-12(34(28,29)30)17(26)22(13)14(8-15(24)25)33-32-6-5-19-4-2-1-3-11-16-10(9-31-11)20-18(27)21-16/h10-12,14,16,19,28-30H,1-9H2,(H,24,25)(H2,20,21,27)/t10-,11?,12?,14?,16-/m0/s1. The van der Waals surface area contributed by atoms with Crippen molar-refractivity contribution in [3.63, 3.8) is 0 Å². The molecule has 3 aliphatic heterocycles. The van der Waals surface area contributed by atoms with Crippen LogP contribution in [0.5, 0.6) is 0 Å². The van der Waals surface area contributed by atoms with Gasteiger partial charge >= 0.3 is 12.0 Å². The summed E-state index contributed by atoms with van der Waals surface area (Å²) in [6.45, 7) is 1.47. The van der Waals surface area contributed by atoms with Crippen LogP contribution in [0.2, 0.25) is 0 Å². The molecule has 7 N–H and O–H groups in total. The van der Waals surface area contributed by atoms with Crippen LogP contribution >= 0.6 is 44.2 Å². The molecule has 0 radical (unpaired) electrons. The van der Waals surface area contributed by atoms with Gasteiger partial charge in [0, 0.05) is 23.3 Å². The van der Waals surface area contributed by atoms with E-state index in [9.17, 15) is 32.8 Å². The van der Waals surface area contributed by atoms with Crippen molar-refractivity contribution in [3.05, 3.63) is 0 Å². The summed E-state index contributed by atoms with van der Waals surface area (Å²) < 4.78 is 28.1. The van der Waals surface area contributed by atoms with Crippen LogP contribution in [0.1, 0.15) is 32.1 Å². The third kappa shape index (κ3) is 7.32. The number of nitrogens with zero attached hydrogens (tertiary/aromatic N) is 1. The van der Waals surface area contributed by atoms with Gasteiger partial charge in [-0.2, -0.15) is 11.8 Å². The number of hydrogen-bond donors (Lipinski definition) is 7. The first-order chi connectivity index (χ1) is 16.1. The molecule has 3 unspecified atom stereocenters. The summed E-state index contributed by atoms with van der Waals surface area (Å²) in [5.41, 5.74) is 0. The van der Waals surface area contributed by atoms with Gasteiger partial charge < -0.3 is 34.7 Å². The molecule has 0 aromatic rings. The maximum Gasteiger partial charge on any atom is 0.315 e. The quantitative estimate of drug-likeness (QED) is 0.0704. The van der Waals surface area contributed by atoms with Gasteiger partial charge in [-0.3, -0.25) is 19.3 Å². The number of aliphatic carboxylic acids is 1. The number of thioether (sulfide) groups is 1. The van der Waals surface area contributed by atoms with Crippen molar-refractivity contribution in [1.29, 1.82) is 0 Å². The Morgan fingerprint density at radius 1 is 1.21 bits per heavy atom. The molecule has 3 saturated heterocycles. The highest BCUT2D eigenvalue weighted by molar-refractivity contribution is 8.76. The summed E-state index contributed by atoms with van der Waals surface area (Å²) in [6, 6.07) is 0.370. The number of carbonyl (C=O) groups is 4. The molecule has 3 aliphatic rings. The molecule has 0 aromatic heterocycles. The first-order valence-corrected chi connectivity index (χ1v) is 15.8. The number of nitrogens with one attached hydrogen (secondary N) is 3. The molecule has 0 aromatic carbocycles. The van der Waals surface area contributed by atoms with E-state index < -0.39 is 52.1 Å². The number of urea groups is 1. The molecule has 3 fully saturated rings. The minimum absolute atomic E-state index is 0.0781. The van der Waals surface area contributed by atoms with Crippen LogP contribution < -0.4 is 16.0 Å². The molecule has 0 saturated carbocycles. The topological polar surface area (TPSA) is 189 Å².